The van der Waals surface area contributed by atoms with Gasteiger partial charge in [0.1, 0.15) is 12.3 Å². The molecule has 1 saturated carbocycles. The van der Waals surface area contributed by atoms with Crippen molar-refractivity contribution in [3.05, 3.63) is 70.1 Å². The van der Waals surface area contributed by atoms with E-state index >= 15 is 4.39 Å². The average molecular weight is 615 g/mol. The molecular weight excluding hydrogens is 585 g/mol. The molecule has 1 aromatic rings. The lowest BCUT2D eigenvalue weighted by atomic mass is 9.71. The quantitative estimate of drug-likeness (QED) is 0.321. The largest absolute Gasteiger partial charge is 0.481 e. The van der Waals surface area contributed by atoms with Crippen molar-refractivity contribution in [2.24, 2.45) is 5.41 Å². The number of ether oxygens (including phenoxy) is 1. The highest BCUT2D eigenvalue weighted by atomic mass is 19.4. The zero-order valence-electron chi connectivity index (χ0n) is 23.2. The number of allylic oxidation sites excluding steroid dienone is 6. The minimum Gasteiger partial charge on any atom is -0.481 e. The van der Waals surface area contributed by atoms with Gasteiger partial charge in [-0.2, -0.15) is 26.3 Å². The Morgan fingerprint density at radius 2 is 1.84 bits per heavy atom. The van der Waals surface area contributed by atoms with E-state index in [1.165, 1.54) is 30.9 Å². The van der Waals surface area contributed by atoms with Crippen LogP contribution in [0.3, 0.4) is 0 Å². The molecule has 232 valence electrons. The number of carboxylic acid groups (broad SMARTS) is 1. The van der Waals surface area contributed by atoms with Crippen LogP contribution in [0.2, 0.25) is 0 Å². The predicted octanol–water partition coefficient (Wildman–Crippen LogP) is 7.58. The van der Waals surface area contributed by atoms with Crippen molar-refractivity contribution in [1.82, 2.24) is 9.88 Å². The monoisotopic (exact) mass is 614 g/mol. The Balaban J connectivity index is 1.48. The van der Waals surface area contributed by atoms with E-state index in [9.17, 15) is 41.0 Å². The fourth-order valence-corrected chi connectivity index (χ4v) is 6.07. The van der Waals surface area contributed by atoms with Gasteiger partial charge in [-0.3, -0.25) is 14.7 Å². The summed E-state index contributed by atoms with van der Waals surface area (Å²) in [4.78, 5) is 30.3. The Labute approximate surface area is 242 Å². The standard InChI is InChI=1S/C30H29F7N2O4/c1-15-26(28(2)12-18(29(32,33)34)11-19(13-28)30(35,36)37)43-27(42)39(15)14-24-20(6-8-23(38-24)17-4-5-17)21-9-16(10-25(40)41)3-7-22(21)31/h3,6,8-9,11-12,15,17,22,26H,4-5,7,10,13-14H2,1-2H3,(H,40,41)/t15-,22-,26-,28?/m0/s1. The van der Waals surface area contributed by atoms with E-state index in [0.29, 0.717) is 22.9 Å². The van der Waals surface area contributed by atoms with Crippen LogP contribution in [0.4, 0.5) is 35.5 Å². The van der Waals surface area contributed by atoms with Crippen LogP contribution >= 0.6 is 0 Å². The summed E-state index contributed by atoms with van der Waals surface area (Å²) >= 11 is 0. The minimum absolute atomic E-state index is 0.0657. The summed E-state index contributed by atoms with van der Waals surface area (Å²) in [5.74, 6) is -0.920. The van der Waals surface area contributed by atoms with E-state index in [2.05, 4.69) is 0 Å². The van der Waals surface area contributed by atoms with Crippen LogP contribution < -0.4 is 0 Å². The van der Waals surface area contributed by atoms with Crippen molar-refractivity contribution < 1.29 is 50.2 Å². The molecule has 4 aliphatic rings. The van der Waals surface area contributed by atoms with E-state index < -0.39 is 65.7 Å². The van der Waals surface area contributed by atoms with Gasteiger partial charge in [0.25, 0.3) is 0 Å². The molecule has 13 heteroatoms. The molecule has 2 heterocycles. The molecule has 2 fully saturated rings. The van der Waals surface area contributed by atoms with Crippen molar-refractivity contribution in [3.63, 3.8) is 0 Å². The third kappa shape index (κ3) is 6.35. The van der Waals surface area contributed by atoms with Gasteiger partial charge in [0.15, 0.2) is 0 Å². The first-order valence-electron chi connectivity index (χ1n) is 13.8. The second-order valence-corrected chi connectivity index (χ2v) is 11.8. The molecule has 3 aliphatic carbocycles. The maximum absolute atomic E-state index is 15.2. The molecule has 0 bridgehead atoms. The predicted molar refractivity (Wildman–Crippen MR) is 140 cm³/mol. The van der Waals surface area contributed by atoms with Crippen LogP contribution in [-0.2, 0) is 16.1 Å². The first-order valence-corrected chi connectivity index (χ1v) is 13.8. The number of aromatic nitrogens is 1. The number of alkyl halides is 7. The molecule has 0 spiro atoms. The smallest absolute Gasteiger partial charge is 0.416 e. The summed E-state index contributed by atoms with van der Waals surface area (Å²) in [6.45, 7) is 2.43. The fraction of sp³-hybridized carbons (Fsp3) is 0.500. The van der Waals surface area contributed by atoms with Gasteiger partial charge in [-0.15, -0.1) is 0 Å². The van der Waals surface area contributed by atoms with Gasteiger partial charge < -0.3 is 9.84 Å². The highest BCUT2D eigenvalue weighted by Crippen LogP contribution is 2.49. The van der Waals surface area contributed by atoms with Crippen LogP contribution in [0.15, 0.2) is 53.2 Å². The number of carboxylic acids is 1. The van der Waals surface area contributed by atoms with Gasteiger partial charge in [0.2, 0.25) is 0 Å². The van der Waals surface area contributed by atoms with Gasteiger partial charge in [0, 0.05) is 34.6 Å². The number of hydrogen-bond acceptors (Lipinski definition) is 4. The number of amides is 1. The Morgan fingerprint density at radius 1 is 1.14 bits per heavy atom. The Kier molecular flexibility index (Phi) is 7.75. The minimum atomic E-state index is -5.06. The molecule has 5 rings (SSSR count). The summed E-state index contributed by atoms with van der Waals surface area (Å²) in [6.07, 6.45) is -9.63. The molecule has 1 amide bonds. The SMILES string of the molecule is C[C@H]1[C@@H](C2(C)C=C(C(F)(F)F)C=C(C(F)(F)F)C2)OC(=O)N1Cc1nc(C2CC2)ccc1C1=CC(CC(=O)O)=CC[C@@H]1F. The Hall–Kier alpha value is -3.64. The van der Waals surface area contributed by atoms with Crippen molar-refractivity contribution in [2.45, 2.75) is 89.1 Å². The number of rotatable bonds is 7. The lowest BCUT2D eigenvalue weighted by Gasteiger charge is -2.38. The van der Waals surface area contributed by atoms with Crippen LogP contribution in [0.25, 0.3) is 5.57 Å². The van der Waals surface area contributed by atoms with Crippen molar-refractivity contribution in [1.29, 1.82) is 0 Å². The third-order valence-corrected chi connectivity index (χ3v) is 8.36. The van der Waals surface area contributed by atoms with E-state index in [-0.39, 0.29) is 42.6 Å². The van der Waals surface area contributed by atoms with Gasteiger partial charge in [-0.25, -0.2) is 9.18 Å². The summed E-state index contributed by atoms with van der Waals surface area (Å²) in [6, 6.07) is 2.42. The third-order valence-electron chi connectivity index (χ3n) is 8.36. The molecule has 1 N–H and O–H groups in total. The van der Waals surface area contributed by atoms with Crippen LogP contribution in [-0.4, -0.2) is 57.7 Å². The molecule has 1 aromatic heterocycles. The maximum atomic E-state index is 15.2. The van der Waals surface area contributed by atoms with Gasteiger partial charge in [0.05, 0.1) is 30.3 Å². The summed E-state index contributed by atoms with van der Waals surface area (Å²) in [5.41, 5.74) is -2.80. The number of halogens is 7. The molecule has 1 aliphatic heterocycles. The maximum Gasteiger partial charge on any atom is 0.416 e. The summed E-state index contributed by atoms with van der Waals surface area (Å²) in [7, 11) is 0. The zero-order valence-corrected chi connectivity index (χ0v) is 23.2. The Bertz CT molecular complexity index is 1450. The molecule has 1 saturated heterocycles. The molecule has 0 radical (unpaired) electrons. The van der Waals surface area contributed by atoms with Crippen molar-refractivity contribution >= 4 is 17.6 Å². The average Bonchev–Trinajstić information content (AvgIpc) is 3.71. The lowest BCUT2D eigenvalue weighted by molar-refractivity contribution is -0.136. The number of pyridine rings is 1. The number of nitrogens with zero attached hydrogens (tertiary/aromatic N) is 2. The van der Waals surface area contributed by atoms with E-state index in [1.54, 1.807) is 12.1 Å². The van der Waals surface area contributed by atoms with Gasteiger partial charge in [-0.1, -0.05) is 31.2 Å². The summed E-state index contributed by atoms with van der Waals surface area (Å²) < 4.78 is 103. The number of cyclic esters (lactones) is 1. The lowest BCUT2D eigenvalue weighted by Crippen LogP contribution is -2.44. The van der Waals surface area contributed by atoms with Gasteiger partial charge in [-0.05, 0) is 49.5 Å². The number of aliphatic carboxylic acids is 1. The highest BCUT2D eigenvalue weighted by molar-refractivity contribution is 5.78. The zero-order chi connectivity index (χ0) is 31.5. The highest BCUT2D eigenvalue weighted by Gasteiger charge is 2.54. The number of hydrogen-bond donors (Lipinski definition) is 1. The second kappa shape index (κ2) is 10.8. The summed E-state index contributed by atoms with van der Waals surface area (Å²) in [5, 5.41) is 9.20. The molecule has 43 heavy (non-hydrogen) atoms. The van der Waals surface area contributed by atoms with Crippen LogP contribution in [0, 0.1) is 5.41 Å². The second-order valence-electron chi connectivity index (χ2n) is 11.8. The molecule has 4 atom stereocenters. The van der Waals surface area contributed by atoms with Gasteiger partial charge >= 0.3 is 24.4 Å². The van der Waals surface area contributed by atoms with Crippen molar-refractivity contribution in [2.75, 3.05) is 0 Å². The molecule has 0 aromatic carbocycles. The normalized spacial score (nSPS) is 28.2. The van der Waals surface area contributed by atoms with E-state index in [1.807, 2.05) is 0 Å². The van der Waals surface area contributed by atoms with E-state index in [4.69, 9.17) is 9.72 Å². The Morgan fingerprint density at radius 3 is 2.44 bits per heavy atom. The van der Waals surface area contributed by atoms with Crippen molar-refractivity contribution in [3.8, 4) is 0 Å². The number of carbonyl (C=O) groups is 2. The molecule has 1 unspecified atom stereocenters. The number of carbonyl (C=O) groups excluding carboxylic acids is 1. The first-order chi connectivity index (χ1) is 20.0. The van der Waals surface area contributed by atoms with Crippen LogP contribution in [0.5, 0.6) is 0 Å². The van der Waals surface area contributed by atoms with E-state index in [0.717, 1.165) is 12.8 Å². The fourth-order valence-electron chi connectivity index (χ4n) is 6.07. The topological polar surface area (TPSA) is 79.7 Å². The molecule has 6 nitrogen and oxygen atoms in total. The van der Waals surface area contributed by atoms with Crippen LogP contribution in [0.1, 0.15) is 68.8 Å². The first kappa shape index (κ1) is 30.8. The molecular formula is C30H29F7N2O4.